The molecule has 2 aromatic carbocycles. The largest absolute Gasteiger partial charge is 0.416 e. The molecular weight excluding hydrogens is 429 g/mol. The summed E-state index contributed by atoms with van der Waals surface area (Å²) in [5.41, 5.74) is 0.404. The smallest absolute Gasteiger partial charge is 0.319 e. The van der Waals surface area contributed by atoms with Gasteiger partial charge in [-0.25, -0.2) is 0 Å². The summed E-state index contributed by atoms with van der Waals surface area (Å²) in [5.74, 6) is -0.841. The molecule has 0 aliphatic carbocycles. The molecule has 2 amide bonds. The predicted octanol–water partition coefficient (Wildman–Crippen LogP) is 4.49. The molecule has 1 atom stereocenters. The van der Waals surface area contributed by atoms with Gasteiger partial charge in [0.2, 0.25) is 0 Å². The van der Waals surface area contributed by atoms with Crippen molar-refractivity contribution in [2.75, 3.05) is 16.8 Å². The van der Waals surface area contributed by atoms with Gasteiger partial charge in [-0.05, 0) is 43.3 Å². The van der Waals surface area contributed by atoms with Crippen LogP contribution in [0.25, 0.3) is 0 Å². The normalized spacial score (nSPS) is 15.8. The van der Waals surface area contributed by atoms with E-state index in [1.165, 1.54) is 27.9 Å². The number of amides is 2. The van der Waals surface area contributed by atoms with E-state index in [2.05, 4.69) is 10.4 Å². The zero-order valence-corrected chi connectivity index (χ0v) is 17.3. The van der Waals surface area contributed by atoms with Gasteiger partial charge in [-0.3, -0.25) is 14.3 Å². The summed E-state index contributed by atoms with van der Waals surface area (Å²) in [6, 6.07) is 12.7. The Balaban J connectivity index is 0.00000272. The third-order valence-corrected chi connectivity index (χ3v) is 4.90. The van der Waals surface area contributed by atoms with Gasteiger partial charge in [-0.1, -0.05) is 18.2 Å². The molecule has 2 heterocycles. The first kappa shape index (κ1) is 22.4. The van der Waals surface area contributed by atoms with Gasteiger partial charge < -0.3 is 10.2 Å². The Morgan fingerprint density at radius 1 is 1.10 bits per heavy atom. The van der Waals surface area contributed by atoms with E-state index in [0.717, 1.165) is 12.1 Å². The summed E-state index contributed by atoms with van der Waals surface area (Å²) in [6.07, 6.45) is -3.05. The standard InChI is InChI=1S/C21H17F3N4O2.H2S/c1-13-12-27(16-9-7-15(8-10-16)21(22,23)24)20(30)18-17(11-25-28(13)18)26-19(29)14-5-3-2-4-6-14;/h2-11,13H,12H2,1H3,(H,26,29);1H2/t13-;/m0./s1. The molecule has 1 aliphatic heterocycles. The Hall–Kier alpha value is -3.27. The van der Waals surface area contributed by atoms with Gasteiger partial charge in [-0.2, -0.15) is 31.8 Å². The van der Waals surface area contributed by atoms with Crippen molar-refractivity contribution in [3.63, 3.8) is 0 Å². The second-order valence-electron chi connectivity index (χ2n) is 6.98. The number of carbonyl (C=O) groups is 2. The molecule has 4 rings (SSSR count). The highest BCUT2D eigenvalue weighted by molar-refractivity contribution is 7.59. The Morgan fingerprint density at radius 3 is 2.35 bits per heavy atom. The first-order valence-corrected chi connectivity index (χ1v) is 9.18. The van der Waals surface area contributed by atoms with E-state index >= 15 is 0 Å². The van der Waals surface area contributed by atoms with E-state index in [0.29, 0.717) is 11.3 Å². The topological polar surface area (TPSA) is 67.2 Å². The molecule has 6 nitrogen and oxygen atoms in total. The van der Waals surface area contributed by atoms with Crippen molar-refractivity contribution in [2.24, 2.45) is 0 Å². The van der Waals surface area contributed by atoms with Crippen LogP contribution in [0.5, 0.6) is 0 Å². The highest BCUT2D eigenvalue weighted by Gasteiger charge is 2.35. The van der Waals surface area contributed by atoms with E-state index in [-0.39, 0.29) is 37.5 Å². The van der Waals surface area contributed by atoms with Gasteiger partial charge >= 0.3 is 6.18 Å². The van der Waals surface area contributed by atoms with Crippen molar-refractivity contribution in [1.82, 2.24) is 9.78 Å². The average molecular weight is 448 g/mol. The number of nitrogens with zero attached hydrogens (tertiary/aromatic N) is 3. The van der Waals surface area contributed by atoms with E-state index in [9.17, 15) is 22.8 Å². The van der Waals surface area contributed by atoms with Crippen LogP contribution in [-0.2, 0) is 6.18 Å². The number of fused-ring (bicyclic) bond motifs is 1. The van der Waals surface area contributed by atoms with E-state index < -0.39 is 23.6 Å². The fraction of sp³-hybridized carbons (Fsp3) is 0.190. The van der Waals surface area contributed by atoms with E-state index in [4.69, 9.17) is 0 Å². The SMILES string of the molecule is C[C@H]1CN(c2ccc(C(F)(F)F)cc2)C(=O)c2c(NC(=O)c3ccccc3)cnn21.S. The predicted molar refractivity (Wildman–Crippen MR) is 115 cm³/mol. The maximum Gasteiger partial charge on any atom is 0.416 e. The molecule has 0 saturated carbocycles. The summed E-state index contributed by atoms with van der Waals surface area (Å²) < 4.78 is 40.0. The van der Waals surface area contributed by atoms with Gasteiger partial charge in [0.15, 0.2) is 5.69 Å². The third kappa shape index (κ3) is 4.29. The number of hydrogen-bond acceptors (Lipinski definition) is 3. The van der Waals surface area contributed by atoms with Crippen molar-refractivity contribution in [2.45, 2.75) is 19.1 Å². The number of anilines is 2. The summed E-state index contributed by atoms with van der Waals surface area (Å²) in [4.78, 5) is 27.0. The Morgan fingerprint density at radius 2 is 1.74 bits per heavy atom. The van der Waals surface area contributed by atoms with Crippen molar-refractivity contribution in [1.29, 1.82) is 0 Å². The van der Waals surface area contributed by atoms with Gasteiger partial charge in [-0.15, -0.1) is 0 Å². The molecule has 3 aromatic rings. The molecule has 162 valence electrons. The maximum atomic E-state index is 13.1. The number of benzene rings is 2. The molecule has 1 N–H and O–H groups in total. The molecule has 0 radical (unpaired) electrons. The van der Waals surface area contributed by atoms with Crippen LogP contribution in [-0.4, -0.2) is 28.1 Å². The monoisotopic (exact) mass is 448 g/mol. The minimum atomic E-state index is -4.45. The Kier molecular flexibility index (Phi) is 6.12. The number of aromatic nitrogens is 2. The van der Waals surface area contributed by atoms with Crippen LogP contribution >= 0.6 is 13.5 Å². The lowest BCUT2D eigenvalue weighted by atomic mass is 10.1. The first-order valence-electron chi connectivity index (χ1n) is 9.18. The highest BCUT2D eigenvalue weighted by atomic mass is 32.1. The van der Waals surface area contributed by atoms with Crippen molar-refractivity contribution in [3.8, 4) is 0 Å². The lowest BCUT2D eigenvalue weighted by Gasteiger charge is -2.32. The second-order valence-corrected chi connectivity index (χ2v) is 6.98. The fourth-order valence-corrected chi connectivity index (χ4v) is 3.39. The Labute approximate surface area is 183 Å². The van der Waals surface area contributed by atoms with Crippen LogP contribution in [0.4, 0.5) is 24.5 Å². The fourth-order valence-electron chi connectivity index (χ4n) is 3.39. The minimum Gasteiger partial charge on any atom is -0.319 e. The highest BCUT2D eigenvalue weighted by Crippen LogP contribution is 2.33. The van der Waals surface area contributed by atoms with Gasteiger partial charge in [0.1, 0.15) is 0 Å². The molecule has 10 heteroatoms. The molecule has 31 heavy (non-hydrogen) atoms. The van der Waals surface area contributed by atoms with Gasteiger partial charge in [0, 0.05) is 17.8 Å². The van der Waals surface area contributed by atoms with Crippen LogP contribution in [0, 0.1) is 0 Å². The number of rotatable bonds is 3. The lowest BCUT2D eigenvalue weighted by Crippen LogP contribution is -2.43. The molecular formula is C21H19F3N4O2S. The van der Waals surface area contributed by atoms with E-state index in [1.54, 1.807) is 30.3 Å². The second kappa shape index (κ2) is 8.46. The van der Waals surface area contributed by atoms with E-state index in [1.807, 2.05) is 6.92 Å². The van der Waals surface area contributed by atoms with Crippen LogP contribution < -0.4 is 10.2 Å². The summed E-state index contributed by atoms with van der Waals surface area (Å²) >= 11 is 0. The van der Waals surface area contributed by atoms with Crippen LogP contribution in [0.2, 0.25) is 0 Å². The number of halogens is 3. The summed E-state index contributed by atoms with van der Waals surface area (Å²) in [6.45, 7) is 2.08. The molecule has 0 spiro atoms. The molecule has 1 aliphatic rings. The summed E-state index contributed by atoms with van der Waals surface area (Å²) in [5, 5.41) is 6.91. The zero-order valence-electron chi connectivity index (χ0n) is 16.3. The van der Waals surface area contributed by atoms with Crippen molar-refractivity contribution in [3.05, 3.63) is 77.6 Å². The van der Waals surface area contributed by atoms with Crippen LogP contribution in [0.1, 0.15) is 39.4 Å². The number of carbonyl (C=O) groups excluding carboxylic acids is 2. The quantitative estimate of drug-likeness (QED) is 0.642. The molecule has 1 aromatic heterocycles. The van der Waals surface area contributed by atoms with Crippen molar-refractivity contribution >= 4 is 36.7 Å². The first-order chi connectivity index (χ1) is 14.3. The van der Waals surface area contributed by atoms with Crippen LogP contribution in [0.3, 0.4) is 0 Å². The molecule has 0 saturated heterocycles. The Bertz CT molecular complexity index is 1100. The molecule has 0 unspecified atom stereocenters. The molecule has 0 bridgehead atoms. The number of nitrogens with one attached hydrogen (secondary N) is 1. The van der Waals surface area contributed by atoms with Crippen molar-refractivity contribution < 1.29 is 22.8 Å². The molecule has 0 fully saturated rings. The summed E-state index contributed by atoms with van der Waals surface area (Å²) in [7, 11) is 0. The van der Waals surface area contributed by atoms with Crippen LogP contribution in [0.15, 0.2) is 60.8 Å². The maximum absolute atomic E-state index is 13.1. The lowest BCUT2D eigenvalue weighted by molar-refractivity contribution is -0.137. The number of alkyl halides is 3. The number of hydrogen-bond donors (Lipinski definition) is 1. The zero-order chi connectivity index (χ0) is 21.5. The minimum absolute atomic E-state index is 0. The van der Waals surface area contributed by atoms with Gasteiger partial charge in [0.25, 0.3) is 11.8 Å². The average Bonchev–Trinajstić information content (AvgIpc) is 3.15. The third-order valence-electron chi connectivity index (χ3n) is 4.90. The van der Waals surface area contributed by atoms with Gasteiger partial charge in [0.05, 0.1) is 23.5 Å².